The van der Waals surface area contributed by atoms with Crippen molar-refractivity contribution in [2.45, 2.75) is 44.1 Å². The summed E-state index contributed by atoms with van der Waals surface area (Å²) in [6, 6.07) is 9.30. The zero-order chi connectivity index (χ0) is 19.4. The zero-order valence-electron chi connectivity index (χ0n) is 15.4. The number of hydrogen-bond acceptors (Lipinski definition) is 5. The highest BCUT2D eigenvalue weighted by Gasteiger charge is 2.62. The van der Waals surface area contributed by atoms with E-state index >= 15 is 0 Å². The third kappa shape index (κ3) is 2.80. The van der Waals surface area contributed by atoms with Crippen LogP contribution in [0.3, 0.4) is 0 Å². The summed E-state index contributed by atoms with van der Waals surface area (Å²) in [6.45, 7) is 0. The lowest BCUT2D eigenvalue weighted by Crippen LogP contribution is -2.59. The van der Waals surface area contributed by atoms with E-state index in [4.69, 9.17) is 22.2 Å². The molecular weight excluding hydrogens is 378 g/mol. The molecule has 6 rings (SSSR count). The molecule has 8 heteroatoms. The molecule has 0 aliphatic heterocycles. The van der Waals surface area contributed by atoms with Crippen LogP contribution in [0.15, 0.2) is 41.8 Å². The molecule has 4 aliphatic rings. The quantitative estimate of drug-likeness (QED) is 0.369. The fraction of sp³-hybridized carbons (Fsp3) is 0.500. The molecule has 28 heavy (non-hydrogen) atoms. The number of hydrogen-bond donors (Lipinski definition) is 1. The van der Waals surface area contributed by atoms with Gasteiger partial charge in [-0.2, -0.15) is 0 Å². The van der Waals surface area contributed by atoms with Gasteiger partial charge in [-0.25, -0.2) is 14.5 Å². The molecule has 1 aromatic carbocycles. The van der Waals surface area contributed by atoms with Crippen LogP contribution in [-0.2, 0) is 15.2 Å². The molecule has 7 nitrogen and oxygen atoms in total. The Morgan fingerprint density at radius 1 is 1.21 bits per heavy atom. The molecule has 0 radical (unpaired) electrons. The van der Waals surface area contributed by atoms with Crippen LogP contribution >= 0.6 is 11.6 Å². The van der Waals surface area contributed by atoms with Crippen molar-refractivity contribution < 1.29 is 9.63 Å². The van der Waals surface area contributed by atoms with Gasteiger partial charge in [-0.3, -0.25) is 0 Å². The summed E-state index contributed by atoms with van der Waals surface area (Å²) in [5, 5.41) is 8.56. The third-order valence-electron chi connectivity index (χ3n) is 6.71. The molecule has 4 saturated carbocycles. The standard InChI is InChI=1S/C20H22ClN5O2/c21-18-23-12-26(24-18)20-9-13-6-14(10-20)8-19(7-13,11-20)17(27)28-25-16(22)15-4-2-1-3-5-15/h1-5,12-14H,6-11H2,(H2,22,25). The SMILES string of the molecule is N/C(=N\OC(=O)C12CC3CC(C1)CC(n1cnc(Cl)n1)(C3)C2)c1ccccc1. The molecule has 2 atom stereocenters. The Bertz CT molecular complexity index is 927. The normalized spacial score (nSPS) is 33.8. The lowest BCUT2D eigenvalue weighted by molar-refractivity contribution is -0.179. The Morgan fingerprint density at radius 2 is 1.93 bits per heavy atom. The van der Waals surface area contributed by atoms with Crippen LogP contribution < -0.4 is 5.73 Å². The van der Waals surface area contributed by atoms with Crippen molar-refractivity contribution in [3.05, 3.63) is 47.5 Å². The van der Waals surface area contributed by atoms with Crippen molar-refractivity contribution in [2.24, 2.45) is 28.1 Å². The molecule has 0 spiro atoms. The molecule has 4 bridgehead atoms. The van der Waals surface area contributed by atoms with Gasteiger partial charge in [-0.1, -0.05) is 35.5 Å². The van der Waals surface area contributed by atoms with E-state index in [1.54, 1.807) is 6.33 Å². The summed E-state index contributed by atoms with van der Waals surface area (Å²) in [4.78, 5) is 22.6. The summed E-state index contributed by atoms with van der Waals surface area (Å²) < 4.78 is 1.89. The maximum Gasteiger partial charge on any atom is 0.341 e. The number of nitrogens with zero attached hydrogens (tertiary/aromatic N) is 4. The Hall–Kier alpha value is -2.41. The van der Waals surface area contributed by atoms with E-state index in [1.165, 1.54) is 0 Å². The predicted octanol–water partition coefficient (Wildman–Crippen LogP) is 3.09. The number of carbonyl (C=O) groups is 1. The number of amidine groups is 1. The summed E-state index contributed by atoms with van der Waals surface area (Å²) >= 11 is 5.97. The summed E-state index contributed by atoms with van der Waals surface area (Å²) in [6.07, 6.45) is 7.24. The lowest BCUT2D eigenvalue weighted by atomic mass is 9.47. The fourth-order valence-electron chi connectivity index (χ4n) is 6.04. The van der Waals surface area contributed by atoms with E-state index in [1.807, 2.05) is 35.0 Å². The number of oxime groups is 1. The Morgan fingerprint density at radius 3 is 2.57 bits per heavy atom. The van der Waals surface area contributed by atoms with Gasteiger partial charge in [0.25, 0.3) is 0 Å². The minimum Gasteiger partial charge on any atom is -0.380 e. The highest BCUT2D eigenvalue weighted by atomic mass is 35.5. The minimum atomic E-state index is -0.539. The smallest absolute Gasteiger partial charge is 0.341 e. The van der Waals surface area contributed by atoms with Crippen LogP contribution in [-0.4, -0.2) is 26.6 Å². The zero-order valence-corrected chi connectivity index (χ0v) is 16.2. The molecular formula is C20H22ClN5O2. The van der Waals surface area contributed by atoms with Gasteiger partial charge in [0.2, 0.25) is 5.28 Å². The van der Waals surface area contributed by atoms with Crippen molar-refractivity contribution >= 4 is 23.4 Å². The first-order chi connectivity index (χ1) is 13.5. The van der Waals surface area contributed by atoms with Crippen LogP contribution in [0.25, 0.3) is 0 Å². The minimum absolute atomic E-state index is 0.205. The summed E-state index contributed by atoms with van der Waals surface area (Å²) in [7, 11) is 0. The number of carbonyl (C=O) groups excluding carboxylic acids is 1. The van der Waals surface area contributed by atoms with Gasteiger partial charge in [-0.15, -0.1) is 5.10 Å². The molecule has 0 saturated heterocycles. The first-order valence-electron chi connectivity index (χ1n) is 9.66. The molecule has 4 aliphatic carbocycles. The van der Waals surface area contributed by atoms with Gasteiger partial charge in [-0.05, 0) is 62.0 Å². The molecule has 2 aromatic rings. The van der Waals surface area contributed by atoms with Crippen LogP contribution in [0.5, 0.6) is 0 Å². The third-order valence-corrected chi connectivity index (χ3v) is 6.88. The number of aromatic nitrogens is 3. The molecule has 1 heterocycles. The van der Waals surface area contributed by atoms with Gasteiger partial charge in [0.1, 0.15) is 6.33 Å². The summed E-state index contributed by atoms with van der Waals surface area (Å²) in [5.74, 6) is 0.881. The van der Waals surface area contributed by atoms with Crippen molar-refractivity contribution in [3.8, 4) is 0 Å². The van der Waals surface area contributed by atoms with E-state index in [2.05, 4.69) is 15.2 Å². The highest BCUT2D eigenvalue weighted by Crippen LogP contribution is 2.64. The first-order valence-corrected chi connectivity index (χ1v) is 10.0. The van der Waals surface area contributed by atoms with Gasteiger partial charge in [0, 0.05) is 5.56 Å². The van der Waals surface area contributed by atoms with Crippen molar-refractivity contribution in [1.29, 1.82) is 0 Å². The van der Waals surface area contributed by atoms with E-state index < -0.39 is 5.41 Å². The average molecular weight is 400 g/mol. The second kappa shape index (κ2) is 6.30. The van der Waals surface area contributed by atoms with Crippen LogP contribution in [0, 0.1) is 17.3 Å². The summed E-state index contributed by atoms with van der Waals surface area (Å²) in [5.41, 5.74) is 5.97. The number of benzene rings is 1. The molecule has 4 fully saturated rings. The number of nitrogens with two attached hydrogens (primary N) is 1. The van der Waals surface area contributed by atoms with Crippen molar-refractivity contribution in [1.82, 2.24) is 14.8 Å². The van der Waals surface area contributed by atoms with Gasteiger partial charge in [0.15, 0.2) is 5.84 Å². The number of rotatable bonds is 4. The van der Waals surface area contributed by atoms with Crippen LogP contribution in [0.1, 0.15) is 44.1 Å². The fourth-order valence-corrected chi connectivity index (χ4v) is 6.17. The lowest BCUT2D eigenvalue weighted by Gasteiger charge is -2.60. The van der Waals surface area contributed by atoms with E-state index in [0.29, 0.717) is 18.3 Å². The van der Waals surface area contributed by atoms with Crippen LogP contribution in [0.2, 0.25) is 5.28 Å². The van der Waals surface area contributed by atoms with Crippen LogP contribution in [0.4, 0.5) is 0 Å². The van der Waals surface area contributed by atoms with Crippen molar-refractivity contribution in [2.75, 3.05) is 0 Å². The largest absolute Gasteiger partial charge is 0.380 e. The second-order valence-corrected chi connectivity index (χ2v) is 8.98. The molecule has 146 valence electrons. The number of halogens is 1. The average Bonchev–Trinajstić information content (AvgIpc) is 3.13. The van der Waals surface area contributed by atoms with E-state index in [-0.39, 0.29) is 22.6 Å². The molecule has 1 aromatic heterocycles. The molecule has 0 amide bonds. The van der Waals surface area contributed by atoms with Gasteiger partial charge >= 0.3 is 5.97 Å². The van der Waals surface area contributed by atoms with E-state index in [0.717, 1.165) is 37.7 Å². The second-order valence-electron chi connectivity index (χ2n) is 8.65. The first kappa shape index (κ1) is 17.7. The topological polar surface area (TPSA) is 95.4 Å². The Balaban J connectivity index is 1.41. The van der Waals surface area contributed by atoms with Gasteiger partial charge < -0.3 is 10.6 Å². The van der Waals surface area contributed by atoms with Gasteiger partial charge in [0.05, 0.1) is 11.0 Å². The Labute approximate surface area is 167 Å². The molecule has 2 unspecified atom stereocenters. The monoisotopic (exact) mass is 399 g/mol. The Kier molecular flexibility index (Phi) is 3.98. The molecule has 2 N–H and O–H groups in total. The van der Waals surface area contributed by atoms with Crippen molar-refractivity contribution in [3.63, 3.8) is 0 Å². The maximum absolute atomic E-state index is 13.2. The predicted molar refractivity (Wildman–Crippen MR) is 103 cm³/mol. The maximum atomic E-state index is 13.2. The van der Waals surface area contributed by atoms with E-state index in [9.17, 15) is 4.79 Å². The highest BCUT2D eigenvalue weighted by molar-refractivity contribution is 6.28.